The number of fused-ring (bicyclic) bond motifs is 8. The second-order valence-electron chi connectivity index (χ2n) is 13.5. The molecular formula is C35H42N6O4. The van der Waals surface area contributed by atoms with Crippen LogP contribution in [0.25, 0.3) is 11.4 Å². The number of piperidine rings is 2. The molecule has 0 radical (unpaired) electrons. The van der Waals surface area contributed by atoms with Crippen molar-refractivity contribution >= 4 is 6.09 Å². The van der Waals surface area contributed by atoms with E-state index < -0.39 is 11.2 Å². The standard InChI is InChI=1S/C20H25N3O3.C15H17N3O/c1-14-7-8-16-20(25-17-15(23(14)16)6-5-11-21-17)9-12-22(13-10-20)18(24)26-19(2,3)4;1-11-4-5-13-15(6-9-16-10-7-15)19-14-12(18(11)13)3-2-8-17-14/h5-8,11H,9-10,12-13H2,1-4H3;2-5,8,16H,6-7,9-10H2,1H3. The molecule has 2 saturated heterocycles. The van der Waals surface area contributed by atoms with Gasteiger partial charge >= 0.3 is 6.09 Å². The first-order valence-corrected chi connectivity index (χ1v) is 15.9. The molecule has 4 aliphatic heterocycles. The van der Waals surface area contributed by atoms with Crippen LogP contribution in [0.3, 0.4) is 0 Å². The Balaban J connectivity index is 0.000000151. The number of rotatable bonds is 0. The van der Waals surface area contributed by atoms with Gasteiger partial charge in [-0.1, -0.05) is 0 Å². The van der Waals surface area contributed by atoms with Gasteiger partial charge in [0.05, 0.1) is 11.4 Å². The van der Waals surface area contributed by atoms with Gasteiger partial charge < -0.3 is 33.6 Å². The first-order chi connectivity index (χ1) is 21.6. The highest BCUT2D eigenvalue weighted by atomic mass is 16.6. The van der Waals surface area contributed by atoms with Crippen LogP contribution in [0.5, 0.6) is 11.8 Å². The number of pyridine rings is 2. The molecule has 0 bridgehead atoms. The number of amides is 1. The van der Waals surface area contributed by atoms with Crippen LogP contribution in [0, 0.1) is 13.8 Å². The van der Waals surface area contributed by atoms with Crippen LogP contribution < -0.4 is 14.8 Å². The van der Waals surface area contributed by atoms with Crippen LogP contribution in [0.4, 0.5) is 4.79 Å². The summed E-state index contributed by atoms with van der Waals surface area (Å²) in [6.07, 6.45) is 6.72. The quantitative estimate of drug-likeness (QED) is 0.263. The third kappa shape index (κ3) is 5.14. The molecule has 4 aromatic heterocycles. The summed E-state index contributed by atoms with van der Waals surface area (Å²) in [4.78, 5) is 23.0. The van der Waals surface area contributed by atoms with Crippen molar-refractivity contribution in [1.29, 1.82) is 0 Å². The molecule has 10 nitrogen and oxygen atoms in total. The van der Waals surface area contributed by atoms with Crippen molar-refractivity contribution in [3.05, 3.63) is 83.7 Å². The van der Waals surface area contributed by atoms with E-state index in [0.29, 0.717) is 31.8 Å². The third-order valence-electron chi connectivity index (χ3n) is 9.29. The monoisotopic (exact) mass is 610 g/mol. The van der Waals surface area contributed by atoms with E-state index in [-0.39, 0.29) is 11.7 Å². The van der Waals surface area contributed by atoms with E-state index in [4.69, 9.17) is 14.2 Å². The van der Waals surface area contributed by atoms with Crippen molar-refractivity contribution in [1.82, 2.24) is 29.3 Å². The molecule has 0 aromatic carbocycles. The molecular weight excluding hydrogens is 568 g/mol. The summed E-state index contributed by atoms with van der Waals surface area (Å²) < 4.78 is 22.8. The molecule has 0 atom stereocenters. The number of hydrogen-bond donors (Lipinski definition) is 1. The molecule has 2 spiro atoms. The van der Waals surface area contributed by atoms with E-state index in [0.717, 1.165) is 54.6 Å². The number of hydrogen-bond acceptors (Lipinski definition) is 7. The lowest BCUT2D eigenvalue weighted by Gasteiger charge is -2.44. The Kier molecular flexibility index (Phi) is 7.15. The molecule has 1 N–H and O–H groups in total. The first-order valence-electron chi connectivity index (χ1n) is 15.9. The molecule has 8 rings (SSSR count). The third-order valence-corrected chi connectivity index (χ3v) is 9.29. The minimum Gasteiger partial charge on any atom is -0.463 e. The lowest BCUT2D eigenvalue weighted by molar-refractivity contribution is -0.0292. The van der Waals surface area contributed by atoms with Crippen LogP contribution in [-0.2, 0) is 15.9 Å². The van der Waals surface area contributed by atoms with Crippen LogP contribution in [0.15, 0.2) is 60.9 Å². The van der Waals surface area contributed by atoms with Crippen molar-refractivity contribution in [2.45, 2.75) is 77.1 Å². The molecule has 8 heterocycles. The number of aryl methyl sites for hydroxylation is 2. The van der Waals surface area contributed by atoms with Crippen LogP contribution in [-0.4, -0.2) is 61.9 Å². The summed E-state index contributed by atoms with van der Waals surface area (Å²) in [7, 11) is 0. The van der Waals surface area contributed by atoms with Gasteiger partial charge in [-0.15, -0.1) is 0 Å². The van der Waals surface area contributed by atoms with Gasteiger partial charge in [0.25, 0.3) is 0 Å². The smallest absolute Gasteiger partial charge is 0.410 e. The van der Waals surface area contributed by atoms with Gasteiger partial charge in [0.15, 0.2) is 11.2 Å². The molecule has 0 aliphatic carbocycles. The number of ether oxygens (including phenoxy) is 3. The summed E-state index contributed by atoms with van der Waals surface area (Å²) in [5, 5.41) is 3.41. The normalized spacial score (nSPS) is 18.7. The lowest BCUT2D eigenvalue weighted by Crippen LogP contribution is -2.51. The van der Waals surface area contributed by atoms with Gasteiger partial charge in [-0.25, -0.2) is 14.8 Å². The Morgan fingerprint density at radius 3 is 1.76 bits per heavy atom. The Morgan fingerprint density at radius 1 is 0.778 bits per heavy atom. The molecule has 1 amide bonds. The average molecular weight is 611 g/mol. The molecule has 4 aromatic rings. The number of likely N-dealkylation sites (tertiary alicyclic amines) is 1. The van der Waals surface area contributed by atoms with Crippen LogP contribution in [0.2, 0.25) is 0 Å². The van der Waals surface area contributed by atoms with Crippen molar-refractivity contribution in [3.63, 3.8) is 0 Å². The fourth-order valence-electron chi connectivity index (χ4n) is 7.09. The first kappa shape index (κ1) is 29.4. The Morgan fingerprint density at radius 2 is 1.27 bits per heavy atom. The van der Waals surface area contributed by atoms with E-state index in [1.165, 1.54) is 11.4 Å². The second-order valence-corrected chi connectivity index (χ2v) is 13.5. The maximum atomic E-state index is 12.4. The highest BCUT2D eigenvalue weighted by Crippen LogP contribution is 2.46. The van der Waals surface area contributed by atoms with E-state index in [2.05, 4.69) is 68.6 Å². The molecule has 45 heavy (non-hydrogen) atoms. The van der Waals surface area contributed by atoms with Gasteiger partial charge in [0, 0.05) is 62.6 Å². The maximum Gasteiger partial charge on any atom is 0.410 e. The van der Waals surface area contributed by atoms with Crippen LogP contribution >= 0.6 is 0 Å². The zero-order chi connectivity index (χ0) is 31.4. The fraction of sp³-hybridized carbons (Fsp3) is 0.457. The minimum absolute atomic E-state index is 0.207. The number of carbonyl (C=O) groups excluding carboxylic acids is 1. The van der Waals surface area contributed by atoms with Gasteiger partial charge in [0.2, 0.25) is 11.8 Å². The van der Waals surface area contributed by atoms with Gasteiger partial charge in [-0.05, 0) is 96.2 Å². The van der Waals surface area contributed by atoms with Gasteiger partial charge in [-0.3, -0.25) is 0 Å². The predicted molar refractivity (Wildman–Crippen MR) is 170 cm³/mol. The topological polar surface area (TPSA) is 95.7 Å². The zero-order valence-electron chi connectivity index (χ0n) is 26.8. The highest BCUT2D eigenvalue weighted by molar-refractivity contribution is 5.68. The highest BCUT2D eigenvalue weighted by Gasteiger charge is 2.46. The van der Waals surface area contributed by atoms with E-state index in [9.17, 15) is 4.79 Å². The number of nitrogens with one attached hydrogen (secondary N) is 1. The molecule has 10 heteroatoms. The van der Waals surface area contributed by atoms with Crippen molar-refractivity contribution in [2.75, 3.05) is 26.2 Å². The molecule has 0 saturated carbocycles. The average Bonchev–Trinajstić information content (AvgIpc) is 3.62. The lowest BCUT2D eigenvalue weighted by atomic mass is 9.87. The van der Waals surface area contributed by atoms with Gasteiger partial charge in [-0.2, -0.15) is 0 Å². The van der Waals surface area contributed by atoms with E-state index >= 15 is 0 Å². The van der Waals surface area contributed by atoms with Crippen LogP contribution in [0.1, 0.15) is 69.2 Å². The summed E-state index contributed by atoms with van der Waals surface area (Å²) in [5.74, 6) is 1.42. The molecule has 4 aliphatic rings. The summed E-state index contributed by atoms with van der Waals surface area (Å²) in [6, 6.07) is 16.6. The predicted octanol–water partition coefficient (Wildman–Crippen LogP) is 5.95. The number of carbonyl (C=O) groups is 1. The fourth-order valence-corrected chi connectivity index (χ4v) is 7.09. The summed E-state index contributed by atoms with van der Waals surface area (Å²) in [5.41, 5.74) is 5.70. The summed E-state index contributed by atoms with van der Waals surface area (Å²) >= 11 is 0. The van der Waals surface area contributed by atoms with Crippen molar-refractivity contribution in [2.24, 2.45) is 0 Å². The Labute approximate surface area is 264 Å². The second kappa shape index (κ2) is 10.9. The summed E-state index contributed by atoms with van der Waals surface area (Å²) in [6.45, 7) is 13.1. The number of nitrogens with zero attached hydrogens (tertiary/aromatic N) is 5. The zero-order valence-corrected chi connectivity index (χ0v) is 26.8. The largest absolute Gasteiger partial charge is 0.463 e. The Hall–Kier alpha value is -4.31. The SMILES string of the molecule is Cc1ccc2n1-c1cccnc1OC21CCN(C(=O)OC(C)(C)C)CC1.Cc1ccc2n1-c1cccnc1OC21CCNCC1. The molecule has 236 valence electrons. The van der Waals surface area contributed by atoms with E-state index in [1.807, 2.05) is 39.0 Å². The van der Waals surface area contributed by atoms with Gasteiger partial charge in [0.1, 0.15) is 17.0 Å². The molecule has 0 unspecified atom stereocenters. The number of aromatic nitrogens is 4. The van der Waals surface area contributed by atoms with Crippen molar-refractivity contribution in [3.8, 4) is 23.1 Å². The minimum atomic E-state index is -0.484. The van der Waals surface area contributed by atoms with Crippen molar-refractivity contribution < 1.29 is 19.0 Å². The van der Waals surface area contributed by atoms with E-state index in [1.54, 1.807) is 17.3 Å². The molecule has 2 fully saturated rings. The Bertz CT molecular complexity index is 1720. The maximum absolute atomic E-state index is 12.4.